The predicted octanol–water partition coefficient (Wildman–Crippen LogP) is 2.44. The number of carboxylic acids is 1. The fourth-order valence-corrected chi connectivity index (χ4v) is 2.02. The van der Waals surface area contributed by atoms with E-state index in [0.717, 1.165) is 17.4 Å². The van der Waals surface area contributed by atoms with Crippen molar-refractivity contribution in [2.24, 2.45) is 0 Å². The molecule has 0 aliphatic carbocycles. The number of rotatable bonds is 1. The molecule has 5 heteroatoms. The minimum atomic E-state index is -1.31. The second-order valence-electron chi connectivity index (χ2n) is 2.76. The number of carbonyl (C=O) groups is 1. The second kappa shape index (κ2) is 2.95. The largest absolute Gasteiger partial charge is 0.499 e. The van der Waals surface area contributed by atoms with Gasteiger partial charge in [-0.1, -0.05) is 11.3 Å². The Morgan fingerprint density at radius 2 is 2.07 bits per heavy atom. The molecule has 0 amide bonds. The van der Waals surface area contributed by atoms with Crippen LogP contribution in [0.4, 0.5) is 4.39 Å². The van der Waals surface area contributed by atoms with Crippen molar-refractivity contribution in [3.63, 3.8) is 0 Å². The Hall–Kier alpha value is -1.62. The van der Waals surface area contributed by atoms with Crippen LogP contribution >= 0.6 is 11.3 Å². The molecule has 2 aromatic rings. The third-order valence-corrected chi connectivity index (χ3v) is 2.72. The molecule has 0 aliphatic rings. The van der Waals surface area contributed by atoms with Gasteiger partial charge in [-0.25, -0.2) is 9.18 Å². The van der Waals surface area contributed by atoms with Crippen LogP contribution in [0.2, 0.25) is 0 Å². The van der Waals surface area contributed by atoms with Crippen LogP contribution in [-0.4, -0.2) is 16.2 Å². The molecule has 0 aliphatic heterocycles. The van der Waals surface area contributed by atoms with Crippen molar-refractivity contribution >= 4 is 27.4 Å². The summed E-state index contributed by atoms with van der Waals surface area (Å²) < 4.78 is 13.7. The lowest BCUT2D eigenvalue weighted by Crippen LogP contribution is -1.99. The smallest absolute Gasteiger partial charge is 0.338 e. The molecule has 72 valence electrons. The zero-order chi connectivity index (χ0) is 10.3. The van der Waals surface area contributed by atoms with Crippen LogP contribution in [0.25, 0.3) is 10.1 Å². The third-order valence-electron chi connectivity index (χ3n) is 1.82. The van der Waals surface area contributed by atoms with Crippen LogP contribution in [0, 0.1) is 5.82 Å². The van der Waals surface area contributed by atoms with Crippen LogP contribution in [0.3, 0.4) is 0 Å². The van der Waals surface area contributed by atoms with Crippen LogP contribution < -0.4 is 0 Å². The first-order valence-electron chi connectivity index (χ1n) is 3.73. The molecule has 0 saturated carbocycles. The highest BCUT2D eigenvalue weighted by Gasteiger charge is 2.12. The zero-order valence-corrected chi connectivity index (χ0v) is 7.64. The Labute approximate surface area is 82.0 Å². The summed E-state index contributed by atoms with van der Waals surface area (Å²) in [6, 6.07) is 3.73. The molecule has 0 spiro atoms. The van der Waals surface area contributed by atoms with E-state index in [9.17, 15) is 9.18 Å². The van der Waals surface area contributed by atoms with E-state index >= 15 is 0 Å². The Bertz CT molecular complexity index is 518. The normalized spacial score (nSPS) is 10.6. The maximum absolute atomic E-state index is 13.1. The molecular weight excluding hydrogens is 207 g/mol. The topological polar surface area (TPSA) is 57.5 Å². The molecule has 0 unspecified atom stereocenters. The summed E-state index contributed by atoms with van der Waals surface area (Å²) in [5.41, 5.74) is -0.379. The van der Waals surface area contributed by atoms with Crippen molar-refractivity contribution in [1.82, 2.24) is 0 Å². The van der Waals surface area contributed by atoms with Gasteiger partial charge in [0.1, 0.15) is 5.82 Å². The first kappa shape index (κ1) is 8.96. The van der Waals surface area contributed by atoms with Gasteiger partial charge in [0, 0.05) is 4.70 Å². The van der Waals surface area contributed by atoms with Crippen molar-refractivity contribution in [3.8, 4) is 5.06 Å². The second-order valence-corrected chi connectivity index (χ2v) is 3.82. The van der Waals surface area contributed by atoms with Gasteiger partial charge in [0.2, 0.25) is 0 Å². The van der Waals surface area contributed by atoms with E-state index in [2.05, 4.69) is 0 Å². The number of aromatic hydroxyl groups is 1. The highest BCUT2D eigenvalue weighted by molar-refractivity contribution is 7.20. The molecule has 14 heavy (non-hydrogen) atoms. The zero-order valence-electron chi connectivity index (χ0n) is 6.82. The quantitative estimate of drug-likeness (QED) is 0.763. The van der Waals surface area contributed by atoms with E-state index in [0.29, 0.717) is 10.1 Å². The van der Waals surface area contributed by atoms with E-state index in [1.54, 1.807) is 0 Å². The van der Waals surface area contributed by atoms with Gasteiger partial charge in [-0.05, 0) is 23.6 Å². The molecule has 0 atom stereocenters. The van der Waals surface area contributed by atoms with Gasteiger partial charge >= 0.3 is 5.97 Å². The van der Waals surface area contributed by atoms with Crippen molar-refractivity contribution < 1.29 is 19.4 Å². The highest BCUT2D eigenvalue weighted by atomic mass is 32.1. The van der Waals surface area contributed by atoms with Crippen LogP contribution in [0.15, 0.2) is 18.2 Å². The van der Waals surface area contributed by atoms with Crippen molar-refractivity contribution in [2.75, 3.05) is 0 Å². The molecule has 0 fully saturated rings. The summed E-state index contributed by atoms with van der Waals surface area (Å²) in [5.74, 6) is -2.10. The lowest BCUT2D eigenvalue weighted by molar-refractivity contribution is 0.0692. The Morgan fingerprint density at radius 3 is 2.71 bits per heavy atom. The van der Waals surface area contributed by atoms with Gasteiger partial charge in [0.05, 0.1) is 5.56 Å². The van der Waals surface area contributed by atoms with Gasteiger partial charge in [-0.3, -0.25) is 0 Å². The minimum Gasteiger partial charge on any atom is -0.499 e. The molecule has 1 heterocycles. The van der Waals surface area contributed by atoms with E-state index < -0.39 is 11.8 Å². The number of hydrogen-bond donors (Lipinski definition) is 2. The van der Waals surface area contributed by atoms with E-state index in [-0.39, 0.29) is 10.6 Å². The molecule has 2 rings (SSSR count). The summed E-state index contributed by atoms with van der Waals surface area (Å²) in [6.45, 7) is 0. The summed E-state index contributed by atoms with van der Waals surface area (Å²) >= 11 is 1.01. The fraction of sp³-hybridized carbons (Fsp3) is 0. The molecule has 3 nitrogen and oxygen atoms in total. The Kier molecular flexibility index (Phi) is 1.89. The number of carboxylic acid groups (broad SMARTS) is 1. The van der Waals surface area contributed by atoms with Gasteiger partial charge in [-0.2, -0.15) is 0 Å². The third kappa shape index (κ3) is 1.31. The number of hydrogen-bond acceptors (Lipinski definition) is 3. The first-order valence-corrected chi connectivity index (χ1v) is 4.55. The molecule has 1 aromatic heterocycles. The number of halogens is 1. The molecule has 0 saturated heterocycles. The first-order chi connectivity index (χ1) is 6.58. The predicted molar refractivity (Wildman–Crippen MR) is 50.4 cm³/mol. The number of thiophene rings is 1. The summed E-state index contributed by atoms with van der Waals surface area (Å²) in [7, 11) is 0. The molecular formula is C9H5FO3S. The number of benzene rings is 1. The lowest BCUT2D eigenvalue weighted by Gasteiger charge is -1.96. The fourth-order valence-electron chi connectivity index (χ4n) is 1.21. The summed E-state index contributed by atoms with van der Waals surface area (Å²) in [6.07, 6.45) is 0. The van der Waals surface area contributed by atoms with Gasteiger partial charge in [-0.15, -0.1) is 0 Å². The van der Waals surface area contributed by atoms with Crippen LogP contribution in [0.1, 0.15) is 10.4 Å². The number of fused-ring (bicyclic) bond motifs is 1. The van der Waals surface area contributed by atoms with Crippen molar-refractivity contribution in [3.05, 3.63) is 29.6 Å². The monoisotopic (exact) mass is 212 g/mol. The Morgan fingerprint density at radius 1 is 1.36 bits per heavy atom. The standard InChI is InChI=1S/C9H5FO3S/c10-6-3-7-4(2-8(11)14-7)1-5(6)9(12)13/h1-3,11H,(H,12,13). The SMILES string of the molecule is O=C(O)c1cc2cc(O)sc2cc1F. The van der Waals surface area contributed by atoms with Crippen molar-refractivity contribution in [1.29, 1.82) is 0 Å². The van der Waals surface area contributed by atoms with Crippen LogP contribution in [0.5, 0.6) is 5.06 Å². The highest BCUT2D eigenvalue weighted by Crippen LogP contribution is 2.32. The Balaban J connectivity index is 2.76. The van der Waals surface area contributed by atoms with Gasteiger partial charge in [0.15, 0.2) is 5.06 Å². The van der Waals surface area contributed by atoms with Crippen molar-refractivity contribution in [2.45, 2.75) is 0 Å². The van der Waals surface area contributed by atoms with E-state index in [1.807, 2.05) is 0 Å². The van der Waals surface area contributed by atoms with E-state index in [1.165, 1.54) is 12.1 Å². The molecule has 0 radical (unpaired) electrons. The maximum atomic E-state index is 13.1. The summed E-state index contributed by atoms with van der Waals surface area (Å²) in [4.78, 5) is 10.6. The van der Waals surface area contributed by atoms with Crippen LogP contribution in [-0.2, 0) is 0 Å². The average Bonchev–Trinajstić information content (AvgIpc) is 2.42. The van der Waals surface area contributed by atoms with E-state index in [4.69, 9.17) is 10.2 Å². The van der Waals surface area contributed by atoms with Gasteiger partial charge in [0.25, 0.3) is 0 Å². The average molecular weight is 212 g/mol. The molecule has 1 aromatic carbocycles. The maximum Gasteiger partial charge on any atom is 0.338 e. The minimum absolute atomic E-state index is 0.0435. The molecule has 0 bridgehead atoms. The number of aromatic carboxylic acids is 1. The molecule has 2 N–H and O–H groups in total. The summed E-state index contributed by atoms with van der Waals surface area (Å²) in [5, 5.41) is 18.3. The van der Waals surface area contributed by atoms with Gasteiger partial charge < -0.3 is 10.2 Å². The lowest BCUT2D eigenvalue weighted by atomic mass is 10.1.